The number of hydrogen-bond donors (Lipinski definition) is 1. The molecule has 1 unspecified atom stereocenters. The number of amides is 2. The molecular weight excluding hydrogens is 442 g/mol. The first kappa shape index (κ1) is 22.9. The van der Waals surface area contributed by atoms with Crippen LogP contribution in [0.2, 0.25) is 0 Å². The summed E-state index contributed by atoms with van der Waals surface area (Å²) >= 11 is 6.01. The average molecular weight is 468 g/mol. The first-order chi connectivity index (χ1) is 16.1. The van der Waals surface area contributed by atoms with Gasteiger partial charge in [0, 0.05) is 35.2 Å². The maximum absolute atomic E-state index is 13.6. The molecule has 1 N–H and O–H groups in total. The topological polar surface area (TPSA) is 101 Å². The van der Waals surface area contributed by atoms with Crippen LogP contribution in [0.3, 0.4) is 0 Å². The van der Waals surface area contributed by atoms with Crippen LogP contribution >= 0.6 is 11.6 Å². The number of oxazole rings is 1. The van der Waals surface area contributed by atoms with E-state index in [9.17, 15) is 9.59 Å². The molecule has 0 aliphatic heterocycles. The Morgan fingerprint density at radius 1 is 1.15 bits per heavy atom. The van der Waals surface area contributed by atoms with Gasteiger partial charge in [0.15, 0.2) is 12.2 Å². The SMILES string of the molecule is Cc1cc(-c2cnco2)ccc1N(C(=O)CCl)C(C(=O)NC1CCCCC1)c1cncnc1. The Hall–Kier alpha value is -3.26. The number of rotatable bonds is 7. The second-order valence-corrected chi connectivity index (χ2v) is 8.45. The number of halogens is 1. The Morgan fingerprint density at radius 2 is 1.91 bits per heavy atom. The highest BCUT2D eigenvalue weighted by Crippen LogP contribution is 2.33. The van der Waals surface area contributed by atoms with Gasteiger partial charge in [-0.15, -0.1) is 11.6 Å². The minimum absolute atomic E-state index is 0.0845. The number of carbonyl (C=O) groups is 2. The van der Waals surface area contributed by atoms with Crippen LogP contribution in [-0.4, -0.2) is 38.7 Å². The Kier molecular flexibility index (Phi) is 7.34. The Morgan fingerprint density at radius 3 is 2.55 bits per heavy atom. The van der Waals surface area contributed by atoms with E-state index in [1.54, 1.807) is 24.7 Å². The summed E-state index contributed by atoms with van der Waals surface area (Å²) in [6.07, 6.45) is 12.7. The van der Waals surface area contributed by atoms with E-state index in [0.29, 0.717) is 17.0 Å². The van der Waals surface area contributed by atoms with Gasteiger partial charge in [-0.05, 0) is 43.5 Å². The molecule has 172 valence electrons. The number of carbonyl (C=O) groups excluding carboxylic acids is 2. The molecule has 2 heterocycles. The molecule has 0 bridgehead atoms. The molecule has 3 aromatic rings. The van der Waals surface area contributed by atoms with Gasteiger partial charge in [-0.1, -0.05) is 19.3 Å². The minimum atomic E-state index is -0.950. The molecule has 8 nitrogen and oxygen atoms in total. The predicted octanol–water partition coefficient (Wildman–Crippen LogP) is 4.20. The van der Waals surface area contributed by atoms with Crippen molar-refractivity contribution in [1.29, 1.82) is 0 Å². The van der Waals surface area contributed by atoms with Crippen molar-refractivity contribution in [3.63, 3.8) is 0 Å². The van der Waals surface area contributed by atoms with Crippen molar-refractivity contribution in [3.8, 4) is 11.3 Å². The van der Waals surface area contributed by atoms with E-state index in [4.69, 9.17) is 16.0 Å². The van der Waals surface area contributed by atoms with Crippen LogP contribution in [0, 0.1) is 6.92 Å². The van der Waals surface area contributed by atoms with Gasteiger partial charge >= 0.3 is 0 Å². The molecule has 1 atom stereocenters. The molecule has 1 aliphatic carbocycles. The van der Waals surface area contributed by atoms with Crippen LogP contribution < -0.4 is 10.2 Å². The minimum Gasteiger partial charge on any atom is -0.444 e. The molecule has 4 rings (SSSR count). The Labute approximate surface area is 197 Å². The van der Waals surface area contributed by atoms with Crippen molar-refractivity contribution in [2.75, 3.05) is 10.8 Å². The van der Waals surface area contributed by atoms with Crippen LogP contribution in [0.15, 0.2) is 53.9 Å². The highest BCUT2D eigenvalue weighted by atomic mass is 35.5. The van der Waals surface area contributed by atoms with Crippen molar-refractivity contribution < 1.29 is 14.0 Å². The second-order valence-electron chi connectivity index (χ2n) is 8.18. The molecule has 33 heavy (non-hydrogen) atoms. The summed E-state index contributed by atoms with van der Waals surface area (Å²) in [5.74, 6) is -0.318. The van der Waals surface area contributed by atoms with Gasteiger partial charge in [-0.25, -0.2) is 15.0 Å². The summed E-state index contributed by atoms with van der Waals surface area (Å²) in [6.45, 7) is 1.88. The van der Waals surface area contributed by atoms with Crippen LogP contribution in [0.25, 0.3) is 11.3 Å². The fourth-order valence-corrected chi connectivity index (χ4v) is 4.44. The van der Waals surface area contributed by atoms with Gasteiger partial charge < -0.3 is 9.73 Å². The van der Waals surface area contributed by atoms with E-state index in [0.717, 1.165) is 36.8 Å². The molecule has 2 amide bonds. The molecule has 1 saturated carbocycles. The third-order valence-electron chi connectivity index (χ3n) is 5.91. The first-order valence-corrected chi connectivity index (χ1v) is 11.5. The number of aromatic nitrogens is 3. The van der Waals surface area contributed by atoms with E-state index in [2.05, 4.69) is 20.3 Å². The smallest absolute Gasteiger partial charge is 0.248 e. The summed E-state index contributed by atoms with van der Waals surface area (Å²) < 4.78 is 5.39. The van der Waals surface area contributed by atoms with Gasteiger partial charge in [-0.3, -0.25) is 14.5 Å². The summed E-state index contributed by atoms with van der Waals surface area (Å²) in [4.78, 5) is 40.3. The molecule has 0 saturated heterocycles. The fraction of sp³-hybridized carbons (Fsp3) is 0.375. The molecule has 2 aromatic heterocycles. The van der Waals surface area contributed by atoms with Crippen molar-refractivity contribution in [3.05, 3.63) is 60.6 Å². The molecule has 9 heteroatoms. The first-order valence-electron chi connectivity index (χ1n) is 11.0. The van der Waals surface area contributed by atoms with E-state index in [1.165, 1.54) is 24.0 Å². The molecule has 1 aliphatic rings. The second kappa shape index (κ2) is 10.6. The van der Waals surface area contributed by atoms with Gasteiger partial charge in [0.05, 0.1) is 6.20 Å². The van der Waals surface area contributed by atoms with Gasteiger partial charge in [0.25, 0.3) is 0 Å². The van der Waals surface area contributed by atoms with E-state index in [-0.39, 0.29) is 23.7 Å². The Balaban J connectivity index is 1.74. The average Bonchev–Trinajstić information content (AvgIpc) is 3.38. The molecule has 0 radical (unpaired) electrons. The monoisotopic (exact) mass is 467 g/mol. The van der Waals surface area contributed by atoms with Gasteiger partial charge in [0.1, 0.15) is 18.2 Å². The largest absolute Gasteiger partial charge is 0.444 e. The highest BCUT2D eigenvalue weighted by Gasteiger charge is 2.35. The number of nitrogens with one attached hydrogen (secondary N) is 1. The summed E-state index contributed by atoms with van der Waals surface area (Å²) in [5, 5.41) is 3.15. The standard InChI is InChI=1S/C24H26ClN5O3/c1-16-9-17(21-13-28-15-33-21)7-8-20(16)30(22(31)10-25)23(18-11-26-14-27-12-18)24(32)29-19-5-3-2-4-6-19/h7-9,11-15,19,23H,2-6,10H2,1H3,(H,29,32). The Bertz CT molecular complexity index is 1080. The zero-order chi connectivity index (χ0) is 23.2. The van der Waals surface area contributed by atoms with E-state index < -0.39 is 6.04 Å². The summed E-state index contributed by atoms with van der Waals surface area (Å²) in [6, 6.07) is 4.65. The van der Waals surface area contributed by atoms with Crippen molar-refractivity contribution >= 4 is 29.1 Å². The maximum atomic E-state index is 13.6. The van der Waals surface area contributed by atoms with Gasteiger partial charge in [-0.2, -0.15) is 0 Å². The lowest BCUT2D eigenvalue weighted by Crippen LogP contribution is -2.48. The lowest BCUT2D eigenvalue weighted by atomic mass is 9.94. The highest BCUT2D eigenvalue weighted by molar-refractivity contribution is 6.30. The molecule has 1 fully saturated rings. The van der Waals surface area contributed by atoms with Crippen molar-refractivity contribution in [2.45, 2.75) is 51.1 Å². The zero-order valence-electron chi connectivity index (χ0n) is 18.4. The maximum Gasteiger partial charge on any atom is 0.248 e. The third-order valence-corrected chi connectivity index (χ3v) is 6.14. The number of hydrogen-bond acceptors (Lipinski definition) is 6. The number of anilines is 1. The van der Waals surface area contributed by atoms with Crippen LogP contribution in [-0.2, 0) is 9.59 Å². The van der Waals surface area contributed by atoms with Crippen LogP contribution in [0.4, 0.5) is 5.69 Å². The summed E-state index contributed by atoms with van der Waals surface area (Å²) in [7, 11) is 0. The van der Waals surface area contributed by atoms with E-state index >= 15 is 0 Å². The molecule has 0 spiro atoms. The predicted molar refractivity (Wildman–Crippen MR) is 125 cm³/mol. The lowest BCUT2D eigenvalue weighted by molar-refractivity contribution is -0.126. The third kappa shape index (κ3) is 5.22. The van der Waals surface area contributed by atoms with E-state index in [1.807, 2.05) is 19.1 Å². The summed E-state index contributed by atoms with van der Waals surface area (Å²) in [5.41, 5.74) is 2.70. The number of benzene rings is 1. The number of aryl methyl sites for hydroxylation is 1. The van der Waals surface area contributed by atoms with Crippen molar-refractivity contribution in [1.82, 2.24) is 20.3 Å². The van der Waals surface area contributed by atoms with Crippen LogP contribution in [0.1, 0.15) is 49.3 Å². The number of nitrogens with zero attached hydrogens (tertiary/aromatic N) is 4. The zero-order valence-corrected chi connectivity index (χ0v) is 19.2. The molecular formula is C24H26ClN5O3. The van der Waals surface area contributed by atoms with Crippen LogP contribution in [0.5, 0.6) is 0 Å². The number of alkyl halides is 1. The normalized spacial score (nSPS) is 15.1. The molecule has 1 aromatic carbocycles. The quantitative estimate of drug-likeness (QED) is 0.522. The van der Waals surface area contributed by atoms with Crippen molar-refractivity contribution in [2.24, 2.45) is 0 Å². The fourth-order valence-electron chi connectivity index (χ4n) is 4.32. The van der Waals surface area contributed by atoms with Gasteiger partial charge in [0.2, 0.25) is 11.8 Å². The lowest BCUT2D eigenvalue weighted by Gasteiger charge is -2.33.